The van der Waals surface area contributed by atoms with Crippen LogP contribution in [-0.4, -0.2) is 54.9 Å². The molecule has 0 aliphatic carbocycles. The lowest BCUT2D eigenvalue weighted by Crippen LogP contribution is -2.51. The number of anilines is 1. The highest BCUT2D eigenvalue weighted by molar-refractivity contribution is 6.31. The van der Waals surface area contributed by atoms with E-state index in [0.717, 1.165) is 12.0 Å². The second-order valence-electron chi connectivity index (χ2n) is 8.37. The summed E-state index contributed by atoms with van der Waals surface area (Å²) in [5.41, 5.74) is 1.82. The fourth-order valence-corrected chi connectivity index (χ4v) is 4.17. The van der Waals surface area contributed by atoms with Crippen molar-refractivity contribution in [2.45, 2.75) is 32.7 Å². The SMILES string of the molecule is CCc1ccc(NC(=O)OCC2(C(=O)NCc3ccccc3Cl)CCN(CCO)CC2)cc1. The van der Waals surface area contributed by atoms with Gasteiger partial charge in [0.25, 0.3) is 0 Å². The first-order valence-electron chi connectivity index (χ1n) is 11.3. The number of hydrogen-bond donors (Lipinski definition) is 3. The van der Waals surface area contributed by atoms with Gasteiger partial charge in [0.2, 0.25) is 5.91 Å². The lowest BCUT2D eigenvalue weighted by molar-refractivity contribution is -0.137. The van der Waals surface area contributed by atoms with Crippen LogP contribution in [0.4, 0.5) is 10.5 Å². The van der Waals surface area contributed by atoms with Gasteiger partial charge in [0.15, 0.2) is 0 Å². The van der Waals surface area contributed by atoms with Gasteiger partial charge in [-0.15, -0.1) is 0 Å². The second kappa shape index (κ2) is 12.0. The van der Waals surface area contributed by atoms with E-state index in [1.807, 2.05) is 42.5 Å². The molecular weight excluding hydrogens is 442 g/mol. The van der Waals surface area contributed by atoms with Crippen LogP contribution in [0.3, 0.4) is 0 Å². The Morgan fingerprint density at radius 1 is 1.12 bits per heavy atom. The van der Waals surface area contributed by atoms with Gasteiger partial charge in [-0.25, -0.2) is 4.79 Å². The predicted octanol–water partition coefficient (Wildman–Crippen LogP) is 3.84. The molecule has 33 heavy (non-hydrogen) atoms. The quantitative estimate of drug-likeness (QED) is 0.514. The summed E-state index contributed by atoms with van der Waals surface area (Å²) in [7, 11) is 0. The lowest BCUT2D eigenvalue weighted by Gasteiger charge is -2.40. The molecule has 0 radical (unpaired) electrons. The fraction of sp³-hybridized carbons (Fsp3) is 0.440. The Morgan fingerprint density at radius 2 is 1.82 bits per heavy atom. The predicted molar refractivity (Wildman–Crippen MR) is 129 cm³/mol. The van der Waals surface area contributed by atoms with E-state index >= 15 is 0 Å². The van der Waals surface area contributed by atoms with E-state index in [4.69, 9.17) is 16.3 Å². The number of nitrogens with zero attached hydrogens (tertiary/aromatic N) is 1. The number of aliphatic hydroxyl groups excluding tert-OH is 1. The van der Waals surface area contributed by atoms with Gasteiger partial charge < -0.3 is 20.1 Å². The zero-order chi connectivity index (χ0) is 23.7. The molecule has 0 saturated carbocycles. The highest BCUT2D eigenvalue weighted by Crippen LogP contribution is 2.33. The lowest BCUT2D eigenvalue weighted by atomic mass is 9.78. The number of likely N-dealkylation sites (tertiary alicyclic amines) is 1. The molecule has 3 rings (SSSR count). The molecule has 3 N–H and O–H groups in total. The highest BCUT2D eigenvalue weighted by atomic mass is 35.5. The molecule has 1 aliphatic rings. The second-order valence-corrected chi connectivity index (χ2v) is 8.78. The summed E-state index contributed by atoms with van der Waals surface area (Å²) in [4.78, 5) is 27.8. The number of carbonyl (C=O) groups is 2. The number of carbonyl (C=O) groups excluding carboxylic acids is 2. The minimum absolute atomic E-state index is 0.0206. The molecule has 1 aliphatic heterocycles. The third-order valence-corrected chi connectivity index (χ3v) is 6.57. The van der Waals surface area contributed by atoms with E-state index < -0.39 is 11.5 Å². The average Bonchev–Trinajstić information content (AvgIpc) is 2.84. The molecule has 1 saturated heterocycles. The number of rotatable bonds is 9. The monoisotopic (exact) mass is 473 g/mol. The highest BCUT2D eigenvalue weighted by Gasteiger charge is 2.42. The van der Waals surface area contributed by atoms with E-state index in [0.29, 0.717) is 49.7 Å². The van der Waals surface area contributed by atoms with Crippen LogP contribution in [0.2, 0.25) is 5.02 Å². The van der Waals surface area contributed by atoms with Crippen LogP contribution in [-0.2, 0) is 22.5 Å². The summed E-state index contributed by atoms with van der Waals surface area (Å²) >= 11 is 6.22. The van der Waals surface area contributed by atoms with Crippen molar-refractivity contribution in [3.63, 3.8) is 0 Å². The Kier molecular flexibility index (Phi) is 9.11. The summed E-state index contributed by atoms with van der Waals surface area (Å²) in [6.45, 7) is 4.27. The van der Waals surface area contributed by atoms with E-state index in [-0.39, 0.29) is 19.1 Å². The van der Waals surface area contributed by atoms with Crippen LogP contribution in [0.5, 0.6) is 0 Å². The standard InChI is InChI=1S/C25H32ClN3O4/c1-2-19-7-9-21(10-8-19)28-24(32)33-18-25(11-13-29(14-12-25)15-16-30)23(31)27-17-20-5-3-4-6-22(20)26/h3-10,30H,2,11-18H2,1H3,(H,27,31)(H,28,32). The van der Waals surface area contributed by atoms with Crippen LogP contribution in [0.1, 0.15) is 30.9 Å². The van der Waals surface area contributed by atoms with Gasteiger partial charge in [0.05, 0.1) is 12.0 Å². The molecule has 0 aromatic heterocycles. The van der Waals surface area contributed by atoms with E-state index in [2.05, 4.69) is 22.5 Å². The van der Waals surface area contributed by atoms with Crippen LogP contribution in [0.15, 0.2) is 48.5 Å². The summed E-state index contributed by atoms with van der Waals surface area (Å²) in [6.07, 6.45) is 1.39. The summed E-state index contributed by atoms with van der Waals surface area (Å²) in [6, 6.07) is 14.9. The molecule has 0 unspecified atom stereocenters. The number of benzene rings is 2. The summed E-state index contributed by atoms with van der Waals surface area (Å²) in [5.74, 6) is -0.161. The van der Waals surface area contributed by atoms with Gasteiger partial charge in [-0.2, -0.15) is 0 Å². The first kappa shape index (κ1) is 25.0. The third-order valence-electron chi connectivity index (χ3n) is 6.20. The zero-order valence-corrected chi connectivity index (χ0v) is 19.7. The Hall–Kier alpha value is -2.61. The zero-order valence-electron chi connectivity index (χ0n) is 19.0. The van der Waals surface area contributed by atoms with E-state index in [1.54, 1.807) is 6.07 Å². The summed E-state index contributed by atoms with van der Waals surface area (Å²) in [5, 5.41) is 15.5. The van der Waals surface area contributed by atoms with Crippen molar-refractivity contribution < 1.29 is 19.4 Å². The number of ether oxygens (including phenoxy) is 1. The maximum absolute atomic E-state index is 13.3. The number of nitrogens with one attached hydrogen (secondary N) is 2. The van der Waals surface area contributed by atoms with Gasteiger partial charge in [0.1, 0.15) is 6.61 Å². The number of halogens is 1. The molecule has 178 valence electrons. The van der Waals surface area contributed by atoms with Crippen molar-refractivity contribution in [3.05, 3.63) is 64.7 Å². The third kappa shape index (κ3) is 6.93. The number of aryl methyl sites for hydroxylation is 1. The molecule has 0 spiro atoms. The topological polar surface area (TPSA) is 90.9 Å². The minimum atomic E-state index is -0.837. The summed E-state index contributed by atoms with van der Waals surface area (Å²) < 4.78 is 5.53. The van der Waals surface area contributed by atoms with Crippen molar-refractivity contribution in [2.24, 2.45) is 5.41 Å². The maximum Gasteiger partial charge on any atom is 0.411 e. The van der Waals surface area contributed by atoms with Gasteiger partial charge in [-0.3, -0.25) is 10.1 Å². The first-order chi connectivity index (χ1) is 16.0. The van der Waals surface area contributed by atoms with Crippen molar-refractivity contribution in [3.8, 4) is 0 Å². The van der Waals surface area contributed by atoms with E-state index in [1.165, 1.54) is 5.56 Å². The van der Waals surface area contributed by atoms with Gasteiger partial charge in [-0.05, 0) is 61.7 Å². The van der Waals surface area contributed by atoms with Crippen molar-refractivity contribution in [1.82, 2.24) is 10.2 Å². The molecule has 2 aromatic carbocycles. The largest absolute Gasteiger partial charge is 0.448 e. The first-order valence-corrected chi connectivity index (χ1v) is 11.7. The molecular formula is C25H32ClN3O4. The molecule has 2 amide bonds. The van der Waals surface area contributed by atoms with Crippen LogP contribution in [0.25, 0.3) is 0 Å². The number of piperidine rings is 1. The van der Waals surface area contributed by atoms with Crippen molar-refractivity contribution in [2.75, 3.05) is 38.2 Å². The van der Waals surface area contributed by atoms with Crippen LogP contribution >= 0.6 is 11.6 Å². The Morgan fingerprint density at radius 3 is 2.45 bits per heavy atom. The Bertz CT molecular complexity index is 928. The van der Waals surface area contributed by atoms with Gasteiger partial charge >= 0.3 is 6.09 Å². The van der Waals surface area contributed by atoms with Gasteiger partial charge in [-0.1, -0.05) is 48.9 Å². The normalized spacial score (nSPS) is 15.6. The number of amides is 2. The molecule has 8 heteroatoms. The molecule has 7 nitrogen and oxygen atoms in total. The van der Waals surface area contributed by atoms with E-state index in [9.17, 15) is 14.7 Å². The number of β-amino-alcohol motifs (C(OH)–C–C–N with tert-alkyl or cyclic N) is 1. The van der Waals surface area contributed by atoms with Crippen LogP contribution < -0.4 is 10.6 Å². The average molecular weight is 474 g/mol. The molecule has 2 aromatic rings. The van der Waals surface area contributed by atoms with Gasteiger partial charge in [0, 0.05) is 23.8 Å². The van der Waals surface area contributed by atoms with Crippen molar-refractivity contribution in [1.29, 1.82) is 0 Å². The number of hydrogen-bond acceptors (Lipinski definition) is 5. The molecule has 0 atom stereocenters. The maximum atomic E-state index is 13.3. The fourth-order valence-electron chi connectivity index (χ4n) is 3.97. The van der Waals surface area contributed by atoms with Crippen molar-refractivity contribution >= 4 is 29.3 Å². The smallest absolute Gasteiger partial charge is 0.411 e. The molecule has 1 heterocycles. The molecule has 0 bridgehead atoms. The number of aliphatic hydroxyl groups is 1. The van der Waals surface area contributed by atoms with Crippen LogP contribution in [0, 0.1) is 5.41 Å². The minimum Gasteiger partial charge on any atom is -0.448 e. The Balaban J connectivity index is 1.63. The molecule has 1 fully saturated rings. The Labute approximate surface area is 200 Å².